The Morgan fingerprint density at radius 2 is 1.68 bits per heavy atom. The minimum absolute atomic E-state index is 0.0777. The van der Waals surface area contributed by atoms with Crippen LogP contribution in [0.5, 0.6) is 0 Å². The summed E-state index contributed by atoms with van der Waals surface area (Å²) in [6.45, 7) is 5.77. The zero-order valence-electron chi connectivity index (χ0n) is 11.9. The van der Waals surface area contributed by atoms with Crippen molar-refractivity contribution in [3.8, 4) is 0 Å². The maximum absolute atomic E-state index is 11.6. The molecule has 0 saturated carbocycles. The van der Waals surface area contributed by atoms with E-state index < -0.39 is 11.5 Å². The number of carboxylic acids is 1. The van der Waals surface area contributed by atoms with E-state index >= 15 is 0 Å². The number of amides is 2. The fourth-order valence-electron chi connectivity index (χ4n) is 1.43. The molecule has 0 rings (SSSR count). The summed E-state index contributed by atoms with van der Waals surface area (Å²) in [5, 5.41) is 14.2. The molecule has 6 heteroatoms. The Bertz CT molecular complexity index is 331. The molecular weight excluding hydrogens is 248 g/mol. The SMILES string of the molecule is CCCNC(=O)CCCC(=O)NC(C)(CC)C(=O)O. The molecule has 0 aliphatic rings. The molecule has 0 aliphatic carbocycles. The van der Waals surface area contributed by atoms with Crippen LogP contribution >= 0.6 is 0 Å². The molecule has 6 nitrogen and oxygen atoms in total. The molecule has 3 N–H and O–H groups in total. The molecule has 1 atom stereocenters. The molecule has 0 fully saturated rings. The Morgan fingerprint density at radius 1 is 1.11 bits per heavy atom. The minimum Gasteiger partial charge on any atom is -0.480 e. The normalized spacial score (nSPS) is 13.4. The molecule has 0 aliphatic heterocycles. The van der Waals surface area contributed by atoms with E-state index in [0.29, 0.717) is 19.4 Å². The monoisotopic (exact) mass is 272 g/mol. The molecule has 0 aromatic heterocycles. The lowest BCUT2D eigenvalue weighted by Crippen LogP contribution is -2.51. The predicted octanol–water partition coefficient (Wildman–Crippen LogP) is 1.05. The zero-order valence-corrected chi connectivity index (χ0v) is 11.9. The maximum Gasteiger partial charge on any atom is 0.329 e. The molecule has 1 unspecified atom stereocenters. The van der Waals surface area contributed by atoms with Gasteiger partial charge in [-0.25, -0.2) is 4.79 Å². The average molecular weight is 272 g/mol. The van der Waals surface area contributed by atoms with E-state index in [0.717, 1.165) is 6.42 Å². The largest absolute Gasteiger partial charge is 0.480 e. The van der Waals surface area contributed by atoms with Crippen LogP contribution in [0.1, 0.15) is 52.9 Å². The summed E-state index contributed by atoms with van der Waals surface area (Å²) < 4.78 is 0. The highest BCUT2D eigenvalue weighted by Gasteiger charge is 2.32. The fraction of sp³-hybridized carbons (Fsp3) is 0.769. The van der Waals surface area contributed by atoms with Crippen LogP contribution in [0.3, 0.4) is 0 Å². The van der Waals surface area contributed by atoms with Crippen LogP contribution in [0.4, 0.5) is 0 Å². The Balaban J connectivity index is 3.99. The van der Waals surface area contributed by atoms with Crippen molar-refractivity contribution in [1.29, 1.82) is 0 Å². The van der Waals surface area contributed by atoms with Crippen molar-refractivity contribution in [3.05, 3.63) is 0 Å². The van der Waals surface area contributed by atoms with E-state index in [1.165, 1.54) is 6.92 Å². The molecule has 0 aromatic rings. The number of nitrogens with one attached hydrogen (secondary N) is 2. The summed E-state index contributed by atoms with van der Waals surface area (Å²) in [7, 11) is 0. The van der Waals surface area contributed by atoms with Gasteiger partial charge in [0.05, 0.1) is 0 Å². The molecule has 0 aromatic carbocycles. The lowest BCUT2D eigenvalue weighted by molar-refractivity contribution is -0.147. The first-order valence-corrected chi connectivity index (χ1v) is 6.66. The first kappa shape index (κ1) is 17.4. The van der Waals surface area contributed by atoms with E-state index in [4.69, 9.17) is 5.11 Å². The molecule has 0 spiro atoms. The van der Waals surface area contributed by atoms with Crippen molar-refractivity contribution in [2.24, 2.45) is 0 Å². The van der Waals surface area contributed by atoms with Gasteiger partial charge in [0.15, 0.2) is 0 Å². The third-order valence-electron chi connectivity index (χ3n) is 2.97. The van der Waals surface area contributed by atoms with Crippen molar-refractivity contribution >= 4 is 17.8 Å². The second kappa shape index (κ2) is 8.50. The number of carbonyl (C=O) groups excluding carboxylic acids is 2. The molecule has 0 radical (unpaired) electrons. The fourth-order valence-corrected chi connectivity index (χ4v) is 1.43. The van der Waals surface area contributed by atoms with E-state index in [9.17, 15) is 14.4 Å². The van der Waals surface area contributed by atoms with Gasteiger partial charge in [0.1, 0.15) is 5.54 Å². The minimum atomic E-state index is -1.23. The summed E-state index contributed by atoms with van der Waals surface area (Å²) in [4.78, 5) is 33.9. The molecule has 0 heterocycles. The Hall–Kier alpha value is -1.59. The maximum atomic E-state index is 11.6. The van der Waals surface area contributed by atoms with Crippen LogP contribution in [-0.2, 0) is 14.4 Å². The molecule has 0 bridgehead atoms. The van der Waals surface area contributed by atoms with Gasteiger partial charge in [-0.2, -0.15) is 0 Å². The van der Waals surface area contributed by atoms with Gasteiger partial charge in [-0.05, 0) is 26.2 Å². The summed E-state index contributed by atoms with van der Waals surface area (Å²) in [6, 6.07) is 0. The van der Waals surface area contributed by atoms with Gasteiger partial charge in [-0.3, -0.25) is 9.59 Å². The topological polar surface area (TPSA) is 95.5 Å². The number of hydrogen-bond acceptors (Lipinski definition) is 3. The number of carboxylic acid groups (broad SMARTS) is 1. The quantitative estimate of drug-likeness (QED) is 0.584. The van der Waals surface area contributed by atoms with E-state index in [-0.39, 0.29) is 24.7 Å². The summed E-state index contributed by atoms with van der Waals surface area (Å²) in [5.41, 5.74) is -1.23. The predicted molar refractivity (Wildman–Crippen MR) is 71.6 cm³/mol. The van der Waals surface area contributed by atoms with E-state index in [2.05, 4.69) is 10.6 Å². The Labute approximate surface area is 113 Å². The van der Waals surface area contributed by atoms with Crippen LogP contribution in [0, 0.1) is 0 Å². The summed E-state index contributed by atoms with van der Waals surface area (Å²) in [6.07, 6.45) is 2.04. The highest BCUT2D eigenvalue weighted by Crippen LogP contribution is 2.10. The first-order valence-electron chi connectivity index (χ1n) is 6.66. The van der Waals surface area contributed by atoms with Crippen LogP contribution in [0.2, 0.25) is 0 Å². The third kappa shape index (κ3) is 6.79. The smallest absolute Gasteiger partial charge is 0.329 e. The van der Waals surface area contributed by atoms with Gasteiger partial charge in [-0.15, -0.1) is 0 Å². The zero-order chi connectivity index (χ0) is 14.9. The number of carbonyl (C=O) groups is 3. The van der Waals surface area contributed by atoms with E-state index in [1.54, 1.807) is 6.92 Å². The standard InChI is InChI=1S/C13H24N2O4/c1-4-9-14-10(16)7-6-8-11(17)15-13(3,5-2)12(18)19/h4-9H2,1-3H3,(H,14,16)(H,15,17)(H,18,19). The van der Waals surface area contributed by atoms with Crippen LogP contribution in [0.25, 0.3) is 0 Å². The number of hydrogen-bond donors (Lipinski definition) is 3. The number of aliphatic carboxylic acids is 1. The molecular formula is C13H24N2O4. The third-order valence-corrected chi connectivity index (χ3v) is 2.97. The van der Waals surface area contributed by atoms with Crippen molar-refractivity contribution in [3.63, 3.8) is 0 Å². The molecule has 2 amide bonds. The Morgan fingerprint density at radius 3 is 2.16 bits per heavy atom. The van der Waals surface area contributed by atoms with Crippen molar-refractivity contribution < 1.29 is 19.5 Å². The van der Waals surface area contributed by atoms with E-state index in [1.807, 2.05) is 6.92 Å². The van der Waals surface area contributed by atoms with Gasteiger partial charge < -0.3 is 15.7 Å². The highest BCUT2D eigenvalue weighted by atomic mass is 16.4. The number of rotatable bonds is 9. The second-order valence-electron chi connectivity index (χ2n) is 4.74. The lowest BCUT2D eigenvalue weighted by atomic mass is 9.99. The summed E-state index contributed by atoms with van der Waals surface area (Å²) >= 11 is 0. The van der Waals surface area contributed by atoms with Gasteiger partial charge in [0.2, 0.25) is 11.8 Å². The Kier molecular flexibility index (Phi) is 7.79. The average Bonchev–Trinajstić information content (AvgIpc) is 2.35. The van der Waals surface area contributed by atoms with Crippen LogP contribution in [-0.4, -0.2) is 35.0 Å². The van der Waals surface area contributed by atoms with Crippen LogP contribution in [0.15, 0.2) is 0 Å². The van der Waals surface area contributed by atoms with Crippen molar-refractivity contribution in [1.82, 2.24) is 10.6 Å². The van der Waals surface area contributed by atoms with Crippen LogP contribution < -0.4 is 10.6 Å². The van der Waals surface area contributed by atoms with Gasteiger partial charge in [-0.1, -0.05) is 13.8 Å². The molecule has 19 heavy (non-hydrogen) atoms. The summed E-state index contributed by atoms with van der Waals surface area (Å²) in [5.74, 6) is -1.47. The highest BCUT2D eigenvalue weighted by molar-refractivity contribution is 5.86. The van der Waals surface area contributed by atoms with Crippen molar-refractivity contribution in [2.75, 3.05) is 6.54 Å². The van der Waals surface area contributed by atoms with Gasteiger partial charge in [0, 0.05) is 19.4 Å². The first-order chi connectivity index (χ1) is 8.85. The molecule has 110 valence electrons. The van der Waals surface area contributed by atoms with Gasteiger partial charge >= 0.3 is 5.97 Å². The second-order valence-corrected chi connectivity index (χ2v) is 4.74. The molecule has 0 saturated heterocycles. The van der Waals surface area contributed by atoms with Crippen molar-refractivity contribution in [2.45, 2.75) is 58.4 Å². The lowest BCUT2D eigenvalue weighted by Gasteiger charge is -2.24. The van der Waals surface area contributed by atoms with Gasteiger partial charge in [0.25, 0.3) is 0 Å².